The number of fused-ring (bicyclic) bond motifs is 1. The molecule has 0 spiro atoms. The van der Waals surface area contributed by atoms with Crippen LogP contribution in [0.15, 0.2) is 36.4 Å². The van der Waals surface area contributed by atoms with Crippen LogP contribution in [0.3, 0.4) is 0 Å². The molecule has 0 bridgehead atoms. The largest absolute Gasteiger partial charge is 0.327 e. The van der Waals surface area contributed by atoms with Gasteiger partial charge in [-0.1, -0.05) is 16.8 Å². The van der Waals surface area contributed by atoms with E-state index in [2.05, 4.69) is 15.6 Å². The SMILES string of the molecule is O=C(C[NH+]1CCC(n2nnc3cc(F)ccc32)CC1)Nc1ccc(F)c(Cl)c1. The second-order valence-electron chi connectivity index (χ2n) is 7.00. The lowest BCUT2D eigenvalue weighted by Crippen LogP contribution is -3.14. The Morgan fingerprint density at radius 2 is 2.00 bits per heavy atom. The zero-order chi connectivity index (χ0) is 19.7. The fraction of sp³-hybridized carbons (Fsp3) is 0.316. The first-order chi connectivity index (χ1) is 13.5. The van der Waals surface area contributed by atoms with Crippen molar-refractivity contribution >= 4 is 34.2 Å². The van der Waals surface area contributed by atoms with Crippen LogP contribution in [-0.4, -0.2) is 40.5 Å². The average Bonchev–Trinajstić information content (AvgIpc) is 3.08. The van der Waals surface area contributed by atoms with E-state index in [0.29, 0.717) is 17.7 Å². The molecule has 0 aliphatic carbocycles. The number of halogens is 3. The number of carbonyl (C=O) groups is 1. The fourth-order valence-corrected chi connectivity index (χ4v) is 3.80. The first kappa shape index (κ1) is 18.8. The van der Waals surface area contributed by atoms with Crippen molar-refractivity contribution in [3.8, 4) is 0 Å². The molecule has 2 heterocycles. The fourth-order valence-electron chi connectivity index (χ4n) is 3.62. The van der Waals surface area contributed by atoms with Gasteiger partial charge in [0.25, 0.3) is 5.91 Å². The predicted molar refractivity (Wildman–Crippen MR) is 101 cm³/mol. The third-order valence-corrected chi connectivity index (χ3v) is 5.34. The van der Waals surface area contributed by atoms with Gasteiger partial charge in [-0.3, -0.25) is 4.79 Å². The van der Waals surface area contributed by atoms with Gasteiger partial charge in [0.1, 0.15) is 17.2 Å². The molecule has 1 aliphatic rings. The average molecular weight is 407 g/mol. The number of hydrogen-bond acceptors (Lipinski definition) is 3. The number of hydrogen-bond donors (Lipinski definition) is 2. The molecule has 6 nitrogen and oxygen atoms in total. The highest BCUT2D eigenvalue weighted by atomic mass is 35.5. The molecule has 1 saturated heterocycles. The van der Waals surface area contributed by atoms with Crippen LogP contribution in [0, 0.1) is 11.6 Å². The van der Waals surface area contributed by atoms with Crippen molar-refractivity contribution < 1.29 is 18.5 Å². The predicted octanol–water partition coefficient (Wildman–Crippen LogP) is 2.22. The molecule has 0 saturated carbocycles. The van der Waals surface area contributed by atoms with E-state index in [1.807, 2.05) is 4.68 Å². The van der Waals surface area contributed by atoms with Gasteiger partial charge < -0.3 is 10.2 Å². The van der Waals surface area contributed by atoms with E-state index in [-0.39, 0.29) is 22.8 Å². The number of amides is 1. The van der Waals surface area contributed by atoms with E-state index in [4.69, 9.17) is 11.6 Å². The molecule has 28 heavy (non-hydrogen) atoms. The van der Waals surface area contributed by atoms with Gasteiger partial charge in [0.05, 0.1) is 29.7 Å². The van der Waals surface area contributed by atoms with Crippen molar-refractivity contribution in [1.29, 1.82) is 0 Å². The molecular weight excluding hydrogens is 388 g/mol. The molecule has 3 aromatic rings. The highest BCUT2D eigenvalue weighted by Crippen LogP contribution is 2.22. The van der Waals surface area contributed by atoms with Crippen molar-refractivity contribution in [1.82, 2.24) is 15.0 Å². The first-order valence-corrected chi connectivity index (χ1v) is 9.46. The standard InChI is InChI=1S/C19H18ClF2N5O/c20-15-10-13(2-3-16(15)22)23-19(28)11-26-7-5-14(6-8-26)27-18-4-1-12(21)9-17(18)24-25-27/h1-4,9-10,14H,5-8,11H2,(H,23,28)/p+1. The lowest BCUT2D eigenvalue weighted by atomic mass is 10.0. The van der Waals surface area contributed by atoms with E-state index in [1.54, 1.807) is 6.07 Å². The molecule has 0 atom stereocenters. The van der Waals surface area contributed by atoms with Gasteiger partial charge in [0.2, 0.25) is 0 Å². The third kappa shape index (κ3) is 3.98. The summed E-state index contributed by atoms with van der Waals surface area (Å²) in [6.45, 7) is 1.95. The van der Waals surface area contributed by atoms with Crippen LogP contribution in [0.4, 0.5) is 14.5 Å². The number of rotatable bonds is 4. The Hall–Kier alpha value is -2.58. The maximum absolute atomic E-state index is 13.3. The van der Waals surface area contributed by atoms with Gasteiger partial charge in [-0.25, -0.2) is 13.5 Å². The lowest BCUT2D eigenvalue weighted by molar-refractivity contribution is -0.897. The molecule has 0 unspecified atom stereocenters. The number of likely N-dealkylation sites (tertiary alicyclic amines) is 1. The molecule has 146 valence electrons. The maximum atomic E-state index is 13.3. The molecule has 1 fully saturated rings. The van der Waals surface area contributed by atoms with Gasteiger partial charge >= 0.3 is 0 Å². The highest BCUT2D eigenvalue weighted by Gasteiger charge is 2.27. The topological polar surface area (TPSA) is 64.2 Å². The molecule has 2 aromatic carbocycles. The smallest absolute Gasteiger partial charge is 0.279 e. The Balaban J connectivity index is 1.33. The summed E-state index contributed by atoms with van der Waals surface area (Å²) in [7, 11) is 0. The Bertz CT molecular complexity index is 1020. The Morgan fingerprint density at radius 1 is 1.21 bits per heavy atom. The van der Waals surface area contributed by atoms with Crippen LogP contribution >= 0.6 is 11.6 Å². The summed E-state index contributed by atoms with van der Waals surface area (Å²) in [6, 6.07) is 8.78. The number of nitrogens with one attached hydrogen (secondary N) is 2. The van der Waals surface area contributed by atoms with E-state index in [0.717, 1.165) is 36.3 Å². The van der Waals surface area contributed by atoms with E-state index in [9.17, 15) is 13.6 Å². The second-order valence-corrected chi connectivity index (χ2v) is 7.41. The summed E-state index contributed by atoms with van der Waals surface area (Å²) in [6.07, 6.45) is 1.70. The molecule has 2 N–H and O–H groups in total. The van der Waals surface area contributed by atoms with E-state index in [1.165, 1.54) is 30.3 Å². The number of benzene rings is 2. The number of carbonyl (C=O) groups excluding carboxylic acids is 1. The lowest BCUT2D eigenvalue weighted by Gasteiger charge is -2.29. The molecule has 1 aliphatic heterocycles. The minimum atomic E-state index is -0.518. The van der Waals surface area contributed by atoms with Crippen molar-refractivity contribution in [3.05, 3.63) is 53.1 Å². The number of quaternary nitrogens is 1. The minimum absolute atomic E-state index is 0.0223. The Labute approximate surface area is 165 Å². The van der Waals surface area contributed by atoms with Crippen LogP contribution in [-0.2, 0) is 4.79 Å². The zero-order valence-corrected chi connectivity index (χ0v) is 15.7. The summed E-state index contributed by atoms with van der Waals surface area (Å²) in [5.41, 5.74) is 1.85. The van der Waals surface area contributed by atoms with Gasteiger partial charge in [-0.15, -0.1) is 5.10 Å². The number of anilines is 1. The molecule has 4 rings (SSSR count). The van der Waals surface area contributed by atoms with E-state index < -0.39 is 5.82 Å². The normalized spacial score (nSPS) is 19.7. The minimum Gasteiger partial charge on any atom is -0.327 e. The molecular formula is C19H19ClF2N5O+. The van der Waals surface area contributed by atoms with Gasteiger partial charge in [0, 0.05) is 24.6 Å². The van der Waals surface area contributed by atoms with Crippen LogP contribution in [0.5, 0.6) is 0 Å². The molecule has 1 amide bonds. The third-order valence-electron chi connectivity index (χ3n) is 5.06. The van der Waals surface area contributed by atoms with Crippen LogP contribution in [0.1, 0.15) is 18.9 Å². The van der Waals surface area contributed by atoms with Gasteiger partial charge in [-0.2, -0.15) is 0 Å². The number of aromatic nitrogens is 3. The zero-order valence-electron chi connectivity index (χ0n) is 15.0. The van der Waals surface area contributed by atoms with Crippen LogP contribution in [0.25, 0.3) is 11.0 Å². The van der Waals surface area contributed by atoms with Crippen molar-refractivity contribution in [3.63, 3.8) is 0 Å². The summed E-state index contributed by atoms with van der Waals surface area (Å²) < 4.78 is 28.4. The maximum Gasteiger partial charge on any atom is 0.279 e. The van der Waals surface area contributed by atoms with Crippen LogP contribution in [0.2, 0.25) is 5.02 Å². The van der Waals surface area contributed by atoms with Crippen molar-refractivity contribution in [2.24, 2.45) is 0 Å². The Kier molecular flexibility index (Phi) is 5.23. The van der Waals surface area contributed by atoms with Gasteiger partial charge in [0.15, 0.2) is 6.54 Å². The van der Waals surface area contributed by atoms with Crippen molar-refractivity contribution in [2.45, 2.75) is 18.9 Å². The molecule has 9 heteroatoms. The van der Waals surface area contributed by atoms with Crippen molar-refractivity contribution in [2.75, 3.05) is 25.0 Å². The summed E-state index contributed by atoms with van der Waals surface area (Å²) in [4.78, 5) is 13.4. The monoisotopic (exact) mass is 406 g/mol. The molecule has 1 aromatic heterocycles. The number of piperidine rings is 1. The Morgan fingerprint density at radius 3 is 2.75 bits per heavy atom. The molecule has 0 radical (unpaired) electrons. The quantitative estimate of drug-likeness (QED) is 0.698. The first-order valence-electron chi connectivity index (χ1n) is 9.08. The van der Waals surface area contributed by atoms with E-state index >= 15 is 0 Å². The number of nitrogens with zero attached hydrogens (tertiary/aromatic N) is 3. The van der Waals surface area contributed by atoms with Crippen LogP contribution < -0.4 is 10.2 Å². The summed E-state index contributed by atoms with van der Waals surface area (Å²) in [5, 5.41) is 11.0. The second kappa shape index (κ2) is 7.81. The summed E-state index contributed by atoms with van der Waals surface area (Å²) >= 11 is 5.74. The summed E-state index contributed by atoms with van der Waals surface area (Å²) in [5.74, 6) is -0.985. The van der Waals surface area contributed by atoms with Gasteiger partial charge in [-0.05, 0) is 30.3 Å². The highest BCUT2D eigenvalue weighted by molar-refractivity contribution is 6.31.